The molecule has 6 nitrogen and oxygen atoms in total. The van der Waals surface area contributed by atoms with Crippen LogP contribution in [0.4, 0.5) is 5.82 Å². The summed E-state index contributed by atoms with van der Waals surface area (Å²) in [5.74, 6) is 0.624. The molecule has 0 spiro atoms. The van der Waals surface area contributed by atoms with Crippen molar-refractivity contribution in [1.29, 1.82) is 0 Å². The number of piperidine rings is 1. The van der Waals surface area contributed by atoms with Crippen molar-refractivity contribution in [2.75, 3.05) is 12.4 Å². The number of hydrogen-bond donors (Lipinski definition) is 1. The number of aromatic nitrogens is 1. The summed E-state index contributed by atoms with van der Waals surface area (Å²) < 4.78 is 4.99. The van der Waals surface area contributed by atoms with E-state index in [0.717, 1.165) is 11.1 Å². The van der Waals surface area contributed by atoms with Gasteiger partial charge in [0.25, 0.3) is 0 Å². The van der Waals surface area contributed by atoms with Crippen molar-refractivity contribution in [3.8, 4) is 0 Å². The van der Waals surface area contributed by atoms with Gasteiger partial charge < -0.3 is 14.7 Å². The van der Waals surface area contributed by atoms with Gasteiger partial charge in [0.2, 0.25) is 11.8 Å². The molecule has 1 aromatic carbocycles. The van der Waals surface area contributed by atoms with E-state index in [1.165, 1.54) is 0 Å². The first-order chi connectivity index (χ1) is 11.5. The van der Waals surface area contributed by atoms with Crippen molar-refractivity contribution >= 4 is 17.6 Å². The summed E-state index contributed by atoms with van der Waals surface area (Å²) in [5, 5.41) is 6.60. The van der Waals surface area contributed by atoms with E-state index in [1.54, 1.807) is 24.9 Å². The van der Waals surface area contributed by atoms with Crippen LogP contribution in [0.15, 0.2) is 34.9 Å². The number of likely N-dealkylation sites (tertiary alicyclic amines) is 1. The van der Waals surface area contributed by atoms with Crippen LogP contribution in [0.1, 0.15) is 35.8 Å². The van der Waals surface area contributed by atoms with Crippen molar-refractivity contribution in [1.82, 2.24) is 10.1 Å². The van der Waals surface area contributed by atoms with Gasteiger partial charge in [-0.25, -0.2) is 0 Å². The van der Waals surface area contributed by atoms with Gasteiger partial charge in [0.05, 0.1) is 12.0 Å². The molecule has 2 amide bonds. The van der Waals surface area contributed by atoms with E-state index in [9.17, 15) is 9.59 Å². The number of carbonyl (C=O) groups excluding carboxylic acids is 2. The molecule has 2 atom stereocenters. The number of benzene rings is 1. The highest BCUT2D eigenvalue weighted by Gasteiger charge is 2.39. The molecule has 24 heavy (non-hydrogen) atoms. The van der Waals surface area contributed by atoms with E-state index in [0.29, 0.717) is 24.4 Å². The van der Waals surface area contributed by atoms with Gasteiger partial charge in [-0.05, 0) is 25.8 Å². The number of aryl methyl sites for hydroxylation is 2. The lowest BCUT2D eigenvalue weighted by Gasteiger charge is -2.38. The standard InChI is InChI=1S/C18H21N3O3/c1-11-4-6-13(7-5-11)17-14(8-9-16(22)21(17)3)18(23)19-15-10-12(2)24-20-15/h4-7,10,14,17H,8-9H2,1-3H3,(H,19,20,23). The van der Waals surface area contributed by atoms with E-state index in [1.807, 2.05) is 31.2 Å². The third-order valence-corrected chi connectivity index (χ3v) is 4.50. The number of nitrogens with one attached hydrogen (secondary N) is 1. The van der Waals surface area contributed by atoms with Crippen molar-refractivity contribution in [3.05, 3.63) is 47.2 Å². The Kier molecular flexibility index (Phi) is 4.38. The summed E-state index contributed by atoms with van der Waals surface area (Å²) in [6.45, 7) is 3.78. The second-order valence-electron chi connectivity index (χ2n) is 6.32. The molecule has 6 heteroatoms. The van der Waals surface area contributed by atoms with Gasteiger partial charge in [-0.1, -0.05) is 35.0 Å². The summed E-state index contributed by atoms with van der Waals surface area (Å²) in [4.78, 5) is 26.6. The van der Waals surface area contributed by atoms with Gasteiger partial charge in [-0.15, -0.1) is 0 Å². The number of amides is 2. The maximum absolute atomic E-state index is 12.7. The Labute approximate surface area is 140 Å². The van der Waals surface area contributed by atoms with Crippen LogP contribution in [-0.4, -0.2) is 28.9 Å². The molecule has 1 saturated heterocycles. The lowest BCUT2D eigenvalue weighted by Crippen LogP contribution is -2.44. The third kappa shape index (κ3) is 3.18. The molecule has 0 aliphatic carbocycles. The van der Waals surface area contributed by atoms with Crippen molar-refractivity contribution in [2.24, 2.45) is 5.92 Å². The average Bonchev–Trinajstić information content (AvgIpc) is 2.96. The summed E-state index contributed by atoms with van der Waals surface area (Å²) in [5.41, 5.74) is 2.11. The molecular weight excluding hydrogens is 306 g/mol. The monoisotopic (exact) mass is 327 g/mol. The summed E-state index contributed by atoms with van der Waals surface area (Å²) in [6, 6.07) is 9.36. The normalized spacial score (nSPS) is 21.0. The highest BCUT2D eigenvalue weighted by molar-refractivity contribution is 5.94. The van der Waals surface area contributed by atoms with E-state index < -0.39 is 0 Å². The molecule has 1 N–H and O–H groups in total. The fourth-order valence-corrected chi connectivity index (χ4v) is 3.18. The van der Waals surface area contributed by atoms with Gasteiger partial charge in [0.15, 0.2) is 5.82 Å². The molecule has 2 aromatic rings. The van der Waals surface area contributed by atoms with Crippen LogP contribution in [-0.2, 0) is 9.59 Å². The molecule has 1 fully saturated rings. The Morgan fingerprint density at radius 2 is 2.00 bits per heavy atom. The quantitative estimate of drug-likeness (QED) is 0.940. The lowest BCUT2D eigenvalue weighted by atomic mass is 9.83. The molecule has 1 aromatic heterocycles. The average molecular weight is 327 g/mol. The Bertz CT molecular complexity index is 751. The first-order valence-corrected chi connectivity index (χ1v) is 8.02. The molecule has 2 heterocycles. The number of carbonyl (C=O) groups is 2. The predicted octanol–water partition coefficient (Wildman–Crippen LogP) is 2.84. The molecule has 0 radical (unpaired) electrons. The summed E-state index contributed by atoms with van der Waals surface area (Å²) >= 11 is 0. The maximum atomic E-state index is 12.7. The Balaban J connectivity index is 1.86. The summed E-state index contributed by atoms with van der Waals surface area (Å²) in [7, 11) is 1.76. The molecular formula is C18H21N3O3. The predicted molar refractivity (Wildman–Crippen MR) is 89.3 cm³/mol. The van der Waals surface area contributed by atoms with Crippen LogP contribution in [0.3, 0.4) is 0 Å². The molecule has 2 unspecified atom stereocenters. The topological polar surface area (TPSA) is 75.4 Å². The highest BCUT2D eigenvalue weighted by Crippen LogP contribution is 2.36. The van der Waals surface area contributed by atoms with Crippen LogP contribution < -0.4 is 5.32 Å². The third-order valence-electron chi connectivity index (χ3n) is 4.50. The molecule has 1 aliphatic rings. The minimum Gasteiger partial charge on any atom is -0.360 e. The van der Waals surface area contributed by atoms with E-state index in [4.69, 9.17) is 4.52 Å². The molecule has 0 bridgehead atoms. The fourth-order valence-electron chi connectivity index (χ4n) is 3.18. The van der Waals surface area contributed by atoms with Gasteiger partial charge in [0, 0.05) is 19.5 Å². The zero-order chi connectivity index (χ0) is 17.3. The SMILES string of the molecule is Cc1ccc(C2C(C(=O)Nc3cc(C)on3)CCC(=O)N2C)cc1. The Morgan fingerprint density at radius 1 is 1.29 bits per heavy atom. The number of nitrogens with zero attached hydrogens (tertiary/aromatic N) is 2. The van der Waals surface area contributed by atoms with Crippen LogP contribution >= 0.6 is 0 Å². The second-order valence-corrected chi connectivity index (χ2v) is 6.32. The van der Waals surface area contributed by atoms with Gasteiger partial charge in [-0.3, -0.25) is 9.59 Å². The van der Waals surface area contributed by atoms with Crippen LogP contribution in [0.5, 0.6) is 0 Å². The second kappa shape index (κ2) is 6.47. The minimum atomic E-state index is -0.326. The highest BCUT2D eigenvalue weighted by atomic mass is 16.5. The number of rotatable bonds is 3. The molecule has 0 saturated carbocycles. The van der Waals surface area contributed by atoms with Gasteiger partial charge >= 0.3 is 0 Å². The molecule has 1 aliphatic heterocycles. The zero-order valence-electron chi connectivity index (χ0n) is 14.1. The van der Waals surface area contributed by atoms with Crippen molar-refractivity contribution in [3.63, 3.8) is 0 Å². The van der Waals surface area contributed by atoms with Crippen LogP contribution in [0.25, 0.3) is 0 Å². The van der Waals surface area contributed by atoms with E-state index in [-0.39, 0.29) is 23.8 Å². The largest absolute Gasteiger partial charge is 0.360 e. The number of hydrogen-bond acceptors (Lipinski definition) is 4. The molecule has 126 valence electrons. The molecule has 3 rings (SSSR count). The lowest BCUT2D eigenvalue weighted by molar-refractivity contribution is -0.140. The van der Waals surface area contributed by atoms with Crippen LogP contribution in [0, 0.1) is 19.8 Å². The Morgan fingerprint density at radius 3 is 2.62 bits per heavy atom. The first kappa shape index (κ1) is 16.2. The Hall–Kier alpha value is -2.63. The van der Waals surface area contributed by atoms with Gasteiger partial charge in [0.1, 0.15) is 5.76 Å². The number of anilines is 1. The van der Waals surface area contributed by atoms with Gasteiger partial charge in [-0.2, -0.15) is 0 Å². The first-order valence-electron chi connectivity index (χ1n) is 8.02. The summed E-state index contributed by atoms with van der Waals surface area (Å²) in [6.07, 6.45) is 0.888. The van der Waals surface area contributed by atoms with Crippen LogP contribution in [0.2, 0.25) is 0 Å². The minimum absolute atomic E-state index is 0.0573. The zero-order valence-corrected chi connectivity index (χ0v) is 14.1. The maximum Gasteiger partial charge on any atom is 0.231 e. The van der Waals surface area contributed by atoms with E-state index >= 15 is 0 Å². The smallest absolute Gasteiger partial charge is 0.231 e. The van der Waals surface area contributed by atoms with E-state index in [2.05, 4.69) is 10.5 Å². The van der Waals surface area contributed by atoms with Crippen molar-refractivity contribution < 1.29 is 14.1 Å². The fraction of sp³-hybridized carbons (Fsp3) is 0.389. The van der Waals surface area contributed by atoms with Crippen molar-refractivity contribution in [2.45, 2.75) is 32.7 Å².